The molecular weight excluding hydrogens is 513 g/mol. The van der Waals surface area contributed by atoms with Gasteiger partial charge in [0.1, 0.15) is 0 Å². The topological polar surface area (TPSA) is 0 Å². The molecule has 0 nitrogen and oxygen atoms in total. The molecule has 41 heavy (non-hydrogen) atoms. The number of hydrogen-bond donors (Lipinski definition) is 0. The summed E-state index contributed by atoms with van der Waals surface area (Å²) in [6.45, 7) is 0. The van der Waals surface area contributed by atoms with Crippen LogP contribution in [-0.2, 0) is 0 Å². The normalized spacial score (nSPS) is 10.9. The molecule has 1 heterocycles. The number of benzene rings is 6. The molecule has 0 saturated carbocycles. The third-order valence-electron chi connectivity index (χ3n) is 7.47. The Balaban J connectivity index is 1.34. The molecule has 0 fully saturated rings. The Bertz CT molecular complexity index is 1640. The van der Waals surface area contributed by atoms with E-state index >= 15 is 0 Å². The molecule has 0 unspecified atom stereocenters. The molecular formula is C40H28S. The van der Waals surface area contributed by atoms with Crippen LogP contribution < -0.4 is 0 Å². The van der Waals surface area contributed by atoms with Gasteiger partial charge in [-0.15, -0.1) is 11.3 Å². The highest BCUT2D eigenvalue weighted by molar-refractivity contribution is 7.18. The fourth-order valence-corrected chi connectivity index (χ4v) is 6.36. The molecule has 0 radical (unpaired) electrons. The molecule has 1 heteroatoms. The van der Waals surface area contributed by atoms with Crippen molar-refractivity contribution in [3.8, 4) is 65.4 Å². The van der Waals surface area contributed by atoms with Gasteiger partial charge in [-0.25, -0.2) is 0 Å². The molecule has 6 aromatic carbocycles. The van der Waals surface area contributed by atoms with E-state index in [9.17, 15) is 0 Å². The summed E-state index contributed by atoms with van der Waals surface area (Å²) in [5.41, 5.74) is 12.3. The second-order valence-corrected chi connectivity index (χ2v) is 11.3. The van der Waals surface area contributed by atoms with E-state index in [0.29, 0.717) is 0 Å². The quantitative estimate of drug-likeness (QED) is 0.197. The summed E-state index contributed by atoms with van der Waals surface area (Å²) in [6.07, 6.45) is 0. The molecule has 194 valence electrons. The van der Waals surface area contributed by atoms with E-state index in [-0.39, 0.29) is 0 Å². The molecule has 7 aromatic rings. The van der Waals surface area contributed by atoms with Crippen LogP contribution in [0.15, 0.2) is 170 Å². The summed E-state index contributed by atoms with van der Waals surface area (Å²) in [6, 6.07) is 61.1. The summed E-state index contributed by atoms with van der Waals surface area (Å²) < 4.78 is 0. The van der Waals surface area contributed by atoms with Crippen molar-refractivity contribution in [2.45, 2.75) is 0 Å². The fraction of sp³-hybridized carbons (Fsp3) is 0. The maximum atomic E-state index is 2.33. The van der Waals surface area contributed by atoms with Crippen LogP contribution in [0.5, 0.6) is 0 Å². The van der Waals surface area contributed by atoms with Gasteiger partial charge in [-0.05, 0) is 104 Å². The van der Waals surface area contributed by atoms with Gasteiger partial charge in [-0.1, -0.05) is 121 Å². The van der Waals surface area contributed by atoms with Gasteiger partial charge in [0.2, 0.25) is 0 Å². The Morgan fingerprint density at radius 3 is 0.732 bits per heavy atom. The molecule has 0 atom stereocenters. The van der Waals surface area contributed by atoms with Gasteiger partial charge in [-0.3, -0.25) is 0 Å². The standard InChI is InChI=1S/C40H28S/c1-5-13-29(14-6-1)33-23-34(30-15-7-2-8-16-30)26-37(25-33)39-21-22-40(41-39)38-27-35(31-17-9-3-10-18-31)24-36(28-38)32-19-11-4-12-20-32/h1-28H. The van der Waals surface area contributed by atoms with E-state index in [2.05, 4.69) is 170 Å². The third-order valence-corrected chi connectivity index (χ3v) is 8.65. The first kappa shape index (κ1) is 25.0. The lowest BCUT2D eigenvalue weighted by atomic mass is 9.95. The zero-order valence-corrected chi connectivity index (χ0v) is 23.4. The van der Waals surface area contributed by atoms with Gasteiger partial charge in [0.25, 0.3) is 0 Å². The predicted octanol–water partition coefficient (Wildman–Crippen LogP) is 11.8. The van der Waals surface area contributed by atoms with Crippen molar-refractivity contribution in [3.63, 3.8) is 0 Å². The largest absolute Gasteiger partial charge is 0.135 e. The van der Waals surface area contributed by atoms with Crippen LogP contribution in [0.3, 0.4) is 0 Å². The summed E-state index contributed by atoms with van der Waals surface area (Å²) >= 11 is 1.85. The second-order valence-electron chi connectivity index (χ2n) is 10.2. The SMILES string of the molecule is c1ccc(-c2cc(-c3ccccc3)cc(-c3ccc(-c4cc(-c5ccccc5)cc(-c5ccccc5)c4)s3)c2)cc1. The van der Waals surface area contributed by atoms with Crippen molar-refractivity contribution >= 4 is 11.3 Å². The highest BCUT2D eigenvalue weighted by Gasteiger charge is 2.12. The Morgan fingerprint density at radius 1 is 0.220 bits per heavy atom. The van der Waals surface area contributed by atoms with E-state index in [1.807, 2.05) is 11.3 Å². The van der Waals surface area contributed by atoms with Crippen LogP contribution in [0.1, 0.15) is 0 Å². The minimum Gasteiger partial charge on any atom is -0.135 e. The van der Waals surface area contributed by atoms with E-state index in [1.165, 1.54) is 65.4 Å². The number of hydrogen-bond acceptors (Lipinski definition) is 1. The Kier molecular flexibility index (Phi) is 6.87. The molecule has 0 bridgehead atoms. The van der Waals surface area contributed by atoms with Crippen LogP contribution in [0, 0.1) is 0 Å². The zero-order chi connectivity index (χ0) is 27.4. The second kappa shape index (κ2) is 11.3. The summed E-state index contributed by atoms with van der Waals surface area (Å²) in [5, 5.41) is 0. The minimum atomic E-state index is 1.23. The summed E-state index contributed by atoms with van der Waals surface area (Å²) in [5.74, 6) is 0. The average Bonchev–Trinajstić information content (AvgIpc) is 3.57. The highest BCUT2D eigenvalue weighted by Crippen LogP contribution is 2.40. The first-order chi connectivity index (χ1) is 20.3. The van der Waals surface area contributed by atoms with Gasteiger partial charge in [0, 0.05) is 9.75 Å². The molecule has 0 aliphatic heterocycles. The average molecular weight is 541 g/mol. The Morgan fingerprint density at radius 2 is 0.463 bits per heavy atom. The van der Waals surface area contributed by atoms with Gasteiger partial charge < -0.3 is 0 Å². The van der Waals surface area contributed by atoms with Crippen LogP contribution in [0.2, 0.25) is 0 Å². The van der Waals surface area contributed by atoms with Crippen molar-refractivity contribution in [1.82, 2.24) is 0 Å². The van der Waals surface area contributed by atoms with Crippen LogP contribution >= 0.6 is 11.3 Å². The summed E-state index contributed by atoms with van der Waals surface area (Å²) in [4.78, 5) is 2.53. The monoisotopic (exact) mass is 540 g/mol. The molecule has 0 spiro atoms. The highest BCUT2D eigenvalue weighted by atomic mass is 32.1. The van der Waals surface area contributed by atoms with E-state index in [4.69, 9.17) is 0 Å². The zero-order valence-electron chi connectivity index (χ0n) is 22.6. The Hall–Kier alpha value is -4.98. The lowest BCUT2D eigenvalue weighted by Crippen LogP contribution is -1.85. The molecule has 0 N–H and O–H groups in total. The molecule has 0 aliphatic rings. The van der Waals surface area contributed by atoms with Gasteiger partial charge >= 0.3 is 0 Å². The first-order valence-electron chi connectivity index (χ1n) is 13.9. The number of thiophene rings is 1. The summed E-state index contributed by atoms with van der Waals surface area (Å²) in [7, 11) is 0. The lowest BCUT2D eigenvalue weighted by Gasteiger charge is -2.11. The first-order valence-corrected chi connectivity index (χ1v) is 14.7. The third kappa shape index (κ3) is 5.41. The molecule has 0 amide bonds. The van der Waals surface area contributed by atoms with Crippen molar-refractivity contribution in [3.05, 3.63) is 170 Å². The van der Waals surface area contributed by atoms with Gasteiger partial charge in [-0.2, -0.15) is 0 Å². The van der Waals surface area contributed by atoms with E-state index < -0.39 is 0 Å². The molecule has 7 rings (SSSR count). The maximum absolute atomic E-state index is 2.33. The van der Waals surface area contributed by atoms with Crippen molar-refractivity contribution in [2.24, 2.45) is 0 Å². The van der Waals surface area contributed by atoms with Crippen LogP contribution in [0.25, 0.3) is 65.4 Å². The van der Waals surface area contributed by atoms with Crippen molar-refractivity contribution in [2.75, 3.05) is 0 Å². The Labute approximate surface area is 245 Å². The smallest absolute Gasteiger partial charge is 0.0349 e. The van der Waals surface area contributed by atoms with Crippen molar-refractivity contribution < 1.29 is 0 Å². The molecule has 0 saturated heterocycles. The fourth-order valence-electron chi connectivity index (χ4n) is 5.38. The minimum absolute atomic E-state index is 1.23. The van der Waals surface area contributed by atoms with E-state index in [0.717, 1.165) is 0 Å². The maximum Gasteiger partial charge on any atom is 0.0349 e. The van der Waals surface area contributed by atoms with Crippen LogP contribution in [-0.4, -0.2) is 0 Å². The van der Waals surface area contributed by atoms with Gasteiger partial charge in [0.05, 0.1) is 0 Å². The van der Waals surface area contributed by atoms with Crippen LogP contribution in [0.4, 0.5) is 0 Å². The van der Waals surface area contributed by atoms with Crippen molar-refractivity contribution in [1.29, 1.82) is 0 Å². The molecule has 1 aromatic heterocycles. The van der Waals surface area contributed by atoms with E-state index in [1.54, 1.807) is 0 Å². The number of rotatable bonds is 6. The lowest BCUT2D eigenvalue weighted by molar-refractivity contribution is 1.58. The van der Waals surface area contributed by atoms with Gasteiger partial charge in [0.15, 0.2) is 0 Å². The predicted molar refractivity (Wildman–Crippen MR) is 177 cm³/mol. The molecule has 0 aliphatic carbocycles.